The fourth-order valence-corrected chi connectivity index (χ4v) is 5.36. The number of hydrogen-bond acceptors (Lipinski definition) is 8. The second kappa shape index (κ2) is 10.3. The van der Waals surface area contributed by atoms with E-state index in [1.165, 1.54) is 5.69 Å². The van der Waals surface area contributed by atoms with Crippen molar-refractivity contribution in [1.29, 1.82) is 0 Å². The van der Waals surface area contributed by atoms with E-state index in [-0.39, 0.29) is 5.92 Å². The number of aromatic nitrogens is 3. The van der Waals surface area contributed by atoms with Crippen LogP contribution in [0, 0.1) is 5.92 Å². The molecule has 1 unspecified atom stereocenters. The Morgan fingerprint density at radius 3 is 2.53 bits per heavy atom. The standard InChI is InChI=1S/C28H36N8OS/c1-19(2)24-17-21-18-29-28(30-22-7-9-23(10-8-22)35-13-11-34(4)12-14-35)32-27(21)36(24)26-16-20(3)15-25(31-26)33-38(5,6)37/h7-10,15,17-18,20H,1,11-14,16H2,2-6H3,(H,29,30,32). The molecule has 9 nitrogen and oxygen atoms in total. The summed E-state index contributed by atoms with van der Waals surface area (Å²) in [7, 11) is -0.166. The lowest BCUT2D eigenvalue weighted by atomic mass is 10.0. The molecule has 0 radical (unpaired) electrons. The van der Waals surface area contributed by atoms with Gasteiger partial charge in [-0.1, -0.05) is 13.5 Å². The summed E-state index contributed by atoms with van der Waals surface area (Å²) in [6.45, 7) is 12.5. The highest BCUT2D eigenvalue weighted by Crippen LogP contribution is 2.29. The van der Waals surface area contributed by atoms with E-state index in [9.17, 15) is 4.21 Å². The lowest BCUT2D eigenvalue weighted by Crippen LogP contribution is -2.44. The molecule has 1 saturated heterocycles. The molecule has 2 aliphatic rings. The molecule has 0 spiro atoms. The average molecular weight is 533 g/mol. The molecule has 0 aliphatic carbocycles. The SMILES string of the molecule is C=C(C)c1cc2cnc(Nc3ccc(N4CCN(C)CC4)cc3)nc2n1C1=NC(N=S(C)(C)=O)=CC(C)C1. The van der Waals surface area contributed by atoms with Gasteiger partial charge in [-0.15, -0.1) is 0 Å². The van der Waals surface area contributed by atoms with Gasteiger partial charge in [0.15, 0.2) is 11.5 Å². The van der Waals surface area contributed by atoms with Gasteiger partial charge in [0.1, 0.15) is 5.84 Å². The summed E-state index contributed by atoms with van der Waals surface area (Å²) in [5, 5.41) is 4.26. The predicted octanol–water partition coefficient (Wildman–Crippen LogP) is 4.82. The maximum absolute atomic E-state index is 12.4. The number of likely N-dealkylation sites (N-methyl/N-ethyl adjacent to an activating group) is 1. The summed E-state index contributed by atoms with van der Waals surface area (Å²) in [5.41, 5.74) is 4.71. The minimum Gasteiger partial charge on any atom is -0.369 e. The predicted molar refractivity (Wildman–Crippen MR) is 159 cm³/mol. The van der Waals surface area contributed by atoms with Crippen LogP contribution in [0.25, 0.3) is 16.6 Å². The van der Waals surface area contributed by atoms with Crippen molar-refractivity contribution in [2.24, 2.45) is 15.3 Å². The molecule has 5 rings (SSSR count). The highest BCUT2D eigenvalue weighted by molar-refractivity contribution is 7.92. The number of nitrogens with zero attached hydrogens (tertiary/aromatic N) is 7. The van der Waals surface area contributed by atoms with E-state index in [2.05, 4.69) is 69.3 Å². The molecule has 2 aromatic heterocycles. The van der Waals surface area contributed by atoms with Gasteiger partial charge in [0.2, 0.25) is 5.95 Å². The molecule has 38 heavy (non-hydrogen) atoms. The van der Waals surface area contributed by atoms with E-state index in [0.29, 0.717) is 18.2 Å². The minimum atomic E-state index is -2.33. The molecule has 1 N–H and O–H groups in total. The fraction of sp³-hybridized carbons (Fsp3) is 0.393. The van der Waals surface area contributed by atoms with Crippen molar-refractivity contribution in [3.05, 3.63) is 60.7 Å². The topological polar surface area (TPSA) is 91.0 Å². The van der Waals surface area contributed by atoms with Crippen LogP contribution < -0.4 is 10.2 Å². The quantitative estimate of drug-likeness (QED) is 0.507. The number of hydrogen-bond donors (Lipinski definition) is 1. The summed E-state index contributed by atoms with van der Waals surface area (Å²) in [4.78, 5) is 19.0. The first-order valence-corrected chi connectivity index (χ1v) is 15.2. The normalized spacial score (nSPS) is 18.8. The molecule has 4 heterocycles. The molecular weight excluding hydrogens is 496 g/mol. The molecule has 200 valence electrons. The second-order valence-corrected chi connectivity index (χ2v) is 13.1. The van der Waals surface area contributed by atoms with Crippen molar-refractivity contribution in [3.63, 3.8) is 0 Å². The monoisotopic (exact) mass is 532 g/mol. The van der Waals surface area contributed by atoms with Crippen molar-refractivity contribution >= 4 is 49.5 Å². The molecule has 10 heteroatoms. The maximum atomic E-state index is 12.4. The Morgan fingerprint density at radius 2 is 1.87 bits per heavy atom. The number of nitrogens with one attached hydrogen (secondary N) is 1. The van der Waals surface area contributed by atoms with Gasteiger partial charge < -0.3 is 15.1 Å². The zero-order valence-electron chi connectivity index (χ0n) is 22.8. The lowest BCUT2D eigenvalue weighted by Gasteiger charge is -2.34. The summed E-state index contributed by atoms with van der Waals surface area (Å²) in [6, 6.07) is 10.5. The Kier molecular flexibility index (Phi) is 7.11. The van der Waals surface area contributed by atoms with Crippen molar-refractivity contribution < 1.29 is 4.21 Å². The summed E-state index contributed by atoms with van der Waals surface area (Å²) >= 11 is 0. The molecule has 0 saturated carbocycles. The van der Waals surface area contributed by atoms with Gasteiger partial charge in [-0.05, 0) is 61.9 Å². The third-order valence-corrected chi connectivity index (χ3v) is 7.35. The fourth-order valence-electron chi connectivity index (χ4n) is 4.81. The number of benzene rings is 1. The van der Waals surface area contributed by atoms with Crippen LogP contribution in [0.1, 0.15) is 26.0 Å². The van der Waals surface area contributed by atoms with Crippen LogP contribution >= 0.6 is 0 Å². The second-order valence-electron chi connectivity index (χ2n) is 10.6. The Morgan fingerprint density at radius 1 is 1.16 bits per heavy atom. The highest BCUT2D eigenvalue weighted by Gasteiger charge is 2.22. The number of allylic oxidation sites excluding steroid dienone is 2. The van der Waals surface area contributed by atoms with Crippen LogP contribution in [-0.2, 0) is 9.73 Å². The van der Waals surface area contributed by atoms with Crippen LogP contribution in [-0.4, -0.2) is 75.2 Å². The lowest BCUT2D eigenvalue weighted by molar-refractivity contribution is 0.313. The number of piperazine rings is 1. The van der Waals surface area contributed by atoms with E-state index in [1.807, 2.05) is 29.8 Å². The number of fused-ring (bicyclic) bond motifs is 1. The number of anilines is 3. The summed E-state index contributed by atoms with van der Waals surface area (Å²) in [6.07, 6.45) is 7.74. The van der Waals surface area contributed by atoms with Gasteiger partial charge >= 0.3 is 0 Å². The Labute approximate surface area is 225 Å². The van der Waals surface area contributed by atoms with Gasteiger partial charge in [-0.25, -0.2) is 14.2 Å². The first-order valence-electron chi connectivity index (χ1n) is 12.9. The Bertz CT molecular complexity index is 1540. The maximum Gasteiger partial charge on any atom is 0.229 e. The number of aliphatic imine (C=N–C) groups is 1. The summed E-state index contributed by atoms with van der Waals surface area (Å²) < 4.78 is 18.8. The summed E-state index contributed by atoms with van der Waals surface area (Å²) in [5.74, 6) is 2.00. The van der Waals surface area contributed by atoms with Crippen LogP contribution in [0.3, 0.4) is 0 Å². The van der Waals surface area contributed by atoms with Gasteiger partial charge in [-0.3, -0.25) is 4.57 Å². The molecular formula is C28H36N8OS. The van der Waals surface area contributed by atoms with E-state index in [0.717, 1.165) is 60.0 Å². The Balaban J connectivity index is 1.47. The van der Waals surface area contributed by atoms with Gasteiger partial charge in [-0.2, -0.15) is 9.35 Å². The largest absolute Gasteiger partial charge is 0.369 e. The van der Waals surface area contributed by atoms with E-state index in [4.69, 9.17) is 9.98 Å². The molecule has 0 amide bonds. The molecule has 3 aromatic rings. The molecule has 1 atom stereocenters. The van der Waals surface area contributed by atoms with Crippen LogP contribution in [0.15, 0.2) is 64.4 Å². The van der Waals surface area contributed by atoms with Crippen LogP contribution in [0.5, 0.6) is 0 Å². The number of rotatable bonds is 5. The molecule has 1 fully saturated rings. The molecule has 1 aromatic carbocycles. The van der Waals surface area contributed by atoms with Gasteiger partial charge in [0, 0.05) is 77.8 Å². The zero-order valence-corrected chi connectivity index (χ0v) is 23.6. The van der Waals surface area contributed by atoms with Crippen molar-refractivity contribution in [3.8, 4) is 0 Å². The molecule has 2 aliphatic heterocycles. The average Bonchev–Trinajstić information content (AvgIpc) is 3.23. The van der Waals surface area contributed by atoms with Gasteiger partial charge in [0.05, 0.1) is 5.69 Å². The third kappa shape index (κ3) is 5.81. The zero-order chi connectivity index (χ0) is 27.0. The van der Waals surface area contributed by atoms with E-state index >= 15 is 0 Å². The van der Waals surface area contributed by atoms with Gasteiger partial charge in [0.25, 0.3) is 0 Å². The molecule has 0 bridgehead atoms. The first kappa shape index (κ1) is 26.1. The highest BCUT2D eigenvalue weighted by atomic mass is 32.2. The Hall–Kier alpha value is -3.50. The smallest absolute Gasteiger partial charge is 0.229 e. The van der Waals surface area contributed by atoms with Crippen molar-refractivity contribution in [1.82, 2.24) is 19.4 Å². The van der Waals surface area contributed by atoms with Crippen molar-refractivity contribution in [2.75, 3.05) is 56.0 Å². The van der Waals surface area contributed by atoms with E-state index < -0.39 is 9.73 Å². The minimum absolute atomic E-state index is 0.191. The van der Waals surface area contributed by atoms with Crippen LogP contribution in [0.4, 0.5) is 17.3 Å². The first-order chi connectivity index (χ1) is 18.1. The van der Waals surface area contributed by atoms with E-state index in [1.54, 1.807) is 12.5 Å². The van der Waals surface area contributed by atoms with Crippen LogP contribution in [0.2, 0.25) is 0 Å². The third-order valence-electron chi connectivity index (χ3n) is 6.72. The van der Waals surface area contributed by atoms with Crippen molar-refractivity contribution in [2.45, 2.75) is 20.3 Å².